The van der Waals surface area contributed by atoms with E-state index in [4.69, 9.17) is 21.3 Å². The standard InChI is InChI=1S/C17H21ClN6OS/c18-17-20-15(24-6-8-25-9-7-24)14-16(21-17)26-13(19-14)11-22-4-5-23-3-1-2-12(23)10-22/h1,3,12H,2,4-11H2/t12-/m0/s1. The van der Waals surface area contributed by atoms with Crippen molar-refractivity contribution in [3.63, 3.8) is 0 Å². The fourth-order valence-electron chi connectivity index (χ4n) is 3.92. The van der Waals surface area contributed by atoms with Gasteiger partial charge in [-0.2, -0.15) is 4.98 Å². The summed E-state index contributed by atoms with van der Waals surface area (Å²) in [6.45, 7) is 7.16. The maximum atomic E-state index is 6.18. The van der Waals surface area contributed by atoms with Crippen molar-refractivity contribution in [2.24, 2.45) is 0 Å². The van der Waals surface area contributed by atoms with Crippen LogP contribution in [0, 0.1) is 0 Å². The molecule has 5 heterocycles. The Kier molecular flexibility index (Phi) is 4.44. The van der Waals surface area contributed by atoms with Crippen LogP contribution in [0.3, 0.4) is 0 Å². The third kappa shape index (κ3) is 3.15. The zero-order chi connectivity index (χ0) is 17.5. The number of aromatic nitrogens is 3. The molecule has 1 atom stereocenters. The fraction of sp³-hybridized carbons (Fsp3) is 0.588. The summed E-state index contributed by atoms with van der Waals surface area (Å²) in [6, 6.07) is 0.622. The van der Waals surface area contributed by atoms with Gasteiger partial charge in [0.1, 0.15) is 10.5 Å². The summed E-state index contributed by atoms with van der Waals surface area (Å²) in [4.78, 5) is 21.8. The van der Waals surface area contributed by atoms with E-state index in [0.29, 0.717) is 24.5 Å². The summed E-state index contributed by atoms with van der Waals surface area (Å²) >= 11 is 7.81. The first-order chi connectivity index (χ1) is 12.8. The zero-order valence-electron chi connectivity index (χ0n) is 14.5. The van der Waals surface area contributed by atoms with Crippen LogP contribution in [0.4, 0.5) is 5.82 Å². The van der Waals surface area contributed by atoms with E-state index in [1.54, 1.807) is 11.3 Å². The number of thiazole rings is 1. The van der Waals surface area contributed by atoms with Gasteiger partial charge < -0.3 is 14.5 Å². The van der Waals surface area contributed by atoms with Crippen LogP contribution in [-0.4, -0.2) is 76.7 Å². The van der Waals surface area contributed by atoms with Gasteiger partial charge in [0.2, 0.25) is 5.28 Å². The number of halogens is 1. The van der Waals surface area contributed by atoms with Gasteiger partial charge in [0.05, 0.1) is 19.8 Å². The van der Waals surface area contributed by atoms with Gasteiger partial charge in [0, 0.05) is 38.8 Å². The Labute approximate surface area is 161 Å². The summed E-state index contributed by atoms with van der Waals surface area (Å²) in [5.74, 6) is 0.843. The molecule has 3 aliphatic heterocycles. The number of hydrogen-bond acceptors (Lipinski definition) is 8. The van der Waals surface area contributed by atoms with Gasteiger partial charge in [-0.3, -0.25) is 4.90 Å². The van der Waals surface area contributed by atoms with Crippen LogP contribution < -0.4 is 4.90 Å². The normalized spacial score (nSPS) is 23.8. The number of rotatable bonds is 3. The molecule has 0 N–H and O–H groups in total. The molecule has 138 valence electrons. The van der Waals surface area contributed by atoms with Gasteiger partial charge in [0.15, 0.2) is 10.6 Å². The number of piperazine rings is 1. The molecule has 0 unspecified atom stereocenters. The Hall–Kier alpha value is -1.48. The topological polar surface area (TPSA) is 57.6 Å². The molecule has 2 aromatic heterocycles. The monoisotopic (exact) mass is 392 g/mol. The number of hydrogen-bond donors (Lipinski definition) is 0. The second-order valence-electron chi connectivity index (χ2n) is 6.92. The smallest absolute Gasteiger partial charge is 0.225 e. The van der Waals surface area contributed by atoms with Crippen LogP contribution in [0.2, 0.25) is 5.28 Å². The molecule has 2 saturated heterocycles. The van der Waals surface area contributed by atoms with E-state index in [1.165, 1.54) is 0 Å². The molecular formula is C17H21ClN6OS. The van der Waals surface area contributed by atoms with Crippen molar-refractivity contribution >= 4 is 39.1 Å². The molecule has 7 nitrogen and oxygen atoms in total. The minimum Gasteiger partial charge on any atom is -0.378 e. The summed E-state index contributed by atoms with van der Waals surface area (Å²) in [5, 5.41) is 1.38. The van der Waals surface area contributed by atoms with Crippen molar-refractivity contribution in [3.8, 4) is 0 Å². The molecule has 0 radical (unpaired) electrons. The van der Waals surface area contributed by atoms with Crippen LogP contribution in [0.15, 0.2) is 12.3 Å². The predicted molar refractivity (Wildman–Crippen MR) is 103 cm³/mol. The minimum atomic E-state index is 0.292. The Morgan fingerprint density at radius 3 is 2.92 bits per heavy atom. The molecular weight excluding hydrogens is 372 g/mol. The molecule has 2 aromatic rings. The summed E-state index contributed by atoms with van der Waals surface area (Å²) < 4.78 is 5.45. The third-order valence-corrected chi connectivity index (χ3v) is 6.35. The van der Waals surface area contributed by atoms with Crippen LogP contribution in [-0.2, 0) is 11.3 Å². The first kappa shape index (κ1) is 16.7. The number of morpholine rings is 1. The second kappa shape index (κ2) is 6.92. The lowest BCUT2D eigenvalue weighted by Crippen LogP contribution is -2.48. The summed E-state index contributed by atoms with van der Waals surface area (Å²) in [7, 11) is 0. The average molecular weight is 393 g/mol. The van der Waals surface area contributed by atoms with E-state index < -0.39 is 0 Å². The molecule has 0 spiro atoms. The molecule has 9 heteroatoms. The maximum absolute atomic E-state index is 6.18. The van der Waals surface area contributed by atoms with Gasteiger partial charge in [0.25, 0.3) is 0 Å². The van der Waals surface area contributed by atoms with Crippen LogP contribution >= 0.6 is 22.9 Å². The van der Waals surface area contributed by atoms with Gasteiger partial charge in [-0.1, -0.05) is 17.4 Å². The molecule has 0 saturated carbocycles. The van der Waals surface area contributed by atoms with Gasteiger partial charge in [-0.15, -0.1) is 0 Å². The number of anilines is 1. The van der Waals surface area contributed by atoms with E-state index in [1.807, 2.05) is 0 Å². The third-order valence-electron chi connectivity index (χ3n) is 5.24. The highest BCUT2D eigenvalue weighted by Gasteiger charge is 2.28. The van der Waals surface area contributed by atoms with Crippen molar-refractivity contribution in [1.82, 2.24) is 24.8 Å². The van der Waals surface area contributed by atoms with Crippen molar-refractivity contribution < 1.29 is 4.74 Å². The number of fused-ring (bicyclic) bond motifs is 2. The molecule has 3 aliphatic rings. The molecule has 0 aromatic carbocycles. The van der Waals surface area contributed by atoms with E-state index in [-0.39, 0.29) is 0 Å². The van der Waals surface area contributed by atoms with Crippen LogP contribution in [0.5, 0.6) is 0 Å². The molecule has 0 amide bonds. The van der Waals surface area contributed by atoms with E-state index in [9.17, 15) is 0 Å². The number of ether oxygens (including phenoxy) is 1. The van der Waals surface area contributed by atoms with Gasteiger partial charge in [-0.05, 0) is 24.2 Å². The van der Waals surface area contributed by atoms with Crippen LogP contribution in [0.1, 0.15) is 11.4 Å². The minimum absolute atomic E-state index is 0.292. The van der Waals surface area contributed by atoms with E-state index in [0.717, 1.165) is 66.9 Å². The van der Waals surface area contributed by atoms with Crippen molar-refractivity contribution in [3.05, 3.63) is 22.6 Å². The lowest BCUT2D eigenvalue weighted by atomic mass is 10.1. The molecule has 2 fully saturated rings. The van der Waals surface area contributed by atoms with Gasteiger partial charge >= 0.3 is 0 Å². The highest BCUT2D eigenvalue weighted by molar-refractivity contribution is 7.18. The van der Waals surface area contributed by atoms with E-state index >= 15 is 0 Å². The van der Waals surface area contributed by atoms with E-state index in [2.05, 4.69) is 36.9 Å². The average Bonchev–Trinajstić information content (AvgIpc) is 3.27. The lowest BCUT2D eigenvalue weighted by molar-refractivity contribution is 0.117. The lowest BCUT2D eigenvalue weighted by Gasteiger charge is -2.37. The highest BCUT2D eigenvalue weighted by Crippen LogP contribution is 2.31. The maximum Gasteiger partial charge on any atom is 0.225 e. The Morgan fingerprint density at radius 1 is 1.15 bits per heavy atom. The SMILES string of the molecule is Clc1nc(N2CCOCC2)c2nc(CN3CCN4C=CC[C@H]4C3)sc2n1. The Morgan fingerprint density at radius 2 is 2.04 bits per heavy atom. The first-order valence-electron chi connectivity index (χ1n) is 9.07. The Balaban J connectivity index is 1.39. The Bertz CT molecular complexity index is 836. The molecule has 0 bridgehead atoms. The molecule has 0 aliphatic carbocycles. The van der Waals surface area contributed by atoms with Crippen LogP contribution in [0.25, 0.3) is 10.3 Å². The summed E-state index contributed by atoms with van der Waals surface area (Å²) in [6.07, 6.45) is 5.67. The highest BCUT2D eigenvalue weighted by atomic mass is 35.5. The van der Waals surface area contributed by atoms with Gasteiger partial charge in [-0.25, -0.2) is 9.97 Å². The second-order valence-corrected chi connectivity index (χ2v) is 8.32. The van der Waals surface area contributed by atoms with Crippen molar-refractivity contribution in [2.45, 2.75) is 19.0 Å². The largest absolute Gasteiger partial charge is 0.378 e. The predicted octanol–water partition coefficient (Wildman–Crippen LogP) is 1.98. The molecule has 26 heavy (non-hydrogen) atoms. The quantitative estimate of drug-likeness (QED) is 0.740. The number of nitrogens with zero attached hydrogens (tertiary/aromatic N) is 6. The van der Waals surface area contributed by atoms with Crippen molar-refractivity contribution in [2.75, 3.05) is 50.8 Å². The van der Waals surface area contributed by atoms with Crippen molar-refractivity contribution in [1.29, 1.82) is 0 Å². The molecule has 5 rings (SSSR count). The first-order valence-corrected chi connectivity index (χ1v) is 10.3. The summed E-state index contributed by atoms with van der Waals surface area (Å²) in [5.41, 5.74) is 0.873. The zero-order valence-corrected chi connectivity index (χ0v) is 16.0. The fourth-order valence-corrected chi connectivity index (χ4v) is 5.10.